The first kappa shape index (κ1) is 17.5. The van der Waals surface area contributed by atoms with E-state index in [1.54, 1.807) is 4.90 Å². The van der Waals surface area contributed by atoms with Gasteiger partial charge in [-0.2, -0.15) is 0 Å². The van der Waals surface area contributed by atoms with E-state index in [0.29, 0.717) is 25.6 Å². The summed E-state index contributed by atoms with van der Waals surface area (Å²) >= 11 is 0. The number of piperidine rings is 1. The van der Waals surface area contributed by atoms with Gasteiger partial charge in [0.15, 0.2) is 0 Å². The number of hydrogen-bond acceptors (Lipinski definition) is 4. The van der Waals surface area contributed by atoms with Crippen molar-refractivity contribution in [3.05, 3.63) is 36.0 Å². The van der Waals surface area contributed by atoms with Gasteiger partial charge in [-0.3, -0.25) is 4.98 Å². The van der Waals surface area contributed by atoms with Crippen LogP contribution < -0.4 is 4.74 Å². The Labute approximate surface area is 148 Å². The molecule has 1 fully saturated rings. The second-order valence-corrected chi connectivity index (χ2v) is 7.12. The van der Waals surface area contributed by atoms with Crippen LogP contribution in [0.5, 0.6) is 5.75 Å². The van der Waals surface area contributed by atoms with E-state index >= 15 is 0 Å². The number of aryl methyl sites for hydroxylation is 1. The summed E-state index contributed by atoms with van der Waals surface area (Å²) in [5.74, 6) is 1.17. The van der Waals surface area contributed by atoms with E-state index < -0.39 is 0 Å². The minimum absolute atomic E-state index is 0.0999. The summed E-state index contributed by atoms with van der Waals surface area (Å²) in [6.45, 7) is 7.91. The average molecular weight is 342 g/mol. The number of carbonyl (C=O) groups excluding carboxylic acids is 1. The van der Waals surface area contributed by atoms with Gasteiger partial charge in [-0.25, -0.2) is 4.79 Å². The zero-order valence-electron chi connectivity index (χ0n) is 15.2. The number of aromatic nitrogens is 1. The van der Waals surface area contributed by atoms with Crippen molar-refractivity contribution in [1.82, 2.24) is 9.88 Å². The number of nitrogens with zero attached hydrogens (tertiary/aromatic N) is 2. The monoisotopic (exact) mass is 342 g/mol. The van der Waals surface area contributed by atoms with Crippen LogP contribution in [-0.2, 0) is 4.74 Å². The summed E-state index contributed by atoms with van der Waals surface area (Å²) in [6, 6.07) is 8.13. The number of benzene rings is 1. The number of amides is 1. The lowest BCUT2D eigenvalue weighted by molar-refractivity contribution is 0.0622. The van der Waals surface area contributed by atoms with Crippen molar-refractivity contribution in [2.45, 2.75) is 39.7 Å². The van der Waals surface area contributed by atoms with E-state index in [4.69, 9.17) is 9.47 Å². The van der Waals surface area contributed by atoms with Gasteiger partial charge >= 0.3 is 6.09 Å². The number of hydrogen-bond donors (Lipinski definition) is 0. The highest BCUT2D eigenvalue weighted by atomic mass is 16.6. The van der Waals surface area contributed by atoms with Crippen molar-refractivity contribution in [1.29, 1.82) is 0 Å². The quantitative estimate of drug-likeness (QED) is 0.836. The van der Waals surface area contributed by atoms with E-state index in [2.05, 4.69) is 17.1 Å². The maximum atomic E-state index is 12.0. The summed E-state index contributed by atoms with van der Waals surface area (Å²) < 4.78 is 11.5. The minimum atomic E-state index is -0.213. The van der Waals surface area contributed by atoms with Crippen molar-refractivity contribution in [3.63, 3.8) is 0 Å². The Kier molecular flexibility index (Phi) is 5.41. The lowest BCUT2D eigenvalue weighted by Gasteiger charge is -2.31. The molecule has 25 heavy (non-hydrogen) atoms. The molecule has 1 amide bonds. The van der Waals surface area contributed by atoms with Crippen molar-refractivity contribution >= 4 is 17.0 Å². The molecule has 0 spiro atoms. The summed E-state index contributed by atoms with van der Waals surface area (Å²) in [6.07, 6.45) is 3.36. The van der Waals surface area contributed by atoms with Gasteiger partial charge in [0.25, 0.3) is 0 Å². The molecule has 0 atom stereocenters. The Morgan fingerprint density at radius 2 is 2.08 bits per heavy atom. The van der Waals surface area contributed by atoms with Crippen LogP contribution >= 0.6 is 0 Å². The molecule has 2 aromatic rings. The molecule has 5 nitrogen and oxygen atoms in total. The largest absolute Gasteiger partial charge is 0.488 e. The van der Waals surface area contributed by atoms with Gasteiger partial charge in [-0.1, -0.05) is 26.0 Å². The predicted molar refractivity (Wildman–Crippen MR) is 97.9 cm³/mol. The third-order valence-electron chi connectivity index (χ3n) is 4.34. The predicted octanol–water partition coefficient (Wildman–Crippen LogP) is 4.18. The molecule has 3 rings (SSSR count). The smallest absolute Gasteiger partial charge is 0.409 e. The first-order valence-corrected chi connectivity index (χ1v) is 8.96. The van der Waals surface area contributed by atoms with Crippen LogP contribution in [0.4, 0.5) is 4.79 Å². The first-order valence-electron chi connectivity index (χ1n) is 8.96. The number of carbonyl (C=O) groups is 1. The maximum Gasteiger partial charge on any atom is 0.409 e. The molecule has 134 valence electrons. The number of rotatable bonds is 4. The van der Waals surface area contributed by atoms with E-state index in [-0.39, 0.29) is 12.2 Å². The molecule has 1 aliphatic heterocycles. The van der Waals surface area contributed by atoms with Crippen molar-refractivity contribution in [2.24, 2.45) is 5.92 Å². The van der Waals surface area contributed by atoms with Crippen LogP contribution in [0, 0.1) is 12.8 Å². The summed E-state index contributed by atoms with van der Waals surface area (Å²) in [5, 5.41) is 1.09. The molecule has 0 radical (unpaired) electrons. The van der Waals surface area contributed by atoms with Crippen LogP contribution in [0.1, 0.15) is 32.3 Å². The Morgan fingerprint density at radius 3 is 2.80 bits per heavy atom. The average Bonchev–Trinajstić information content (AvgIpc) is 2.60. The Morgan fingerprint density at radius 1 is 1.32 bits per heavy atom. The highest BCUT2D eigenvalue weighted by Crippen LogP contribution is 2.27. The second-order valence-electron chi connectivity index (χ2n) is 7.12. The molecule has 1 saturated heterocycles. The van der Waals surface area contributed by atoms with Gasteiger partial charge in [0, 0.05) is 37.5 Å². The highest BCUT2D eigenvalue weighted by Gasteiger charge is 2.25. The lowest BCUT2D eigenvalue weighted by atomic mass is 10.1. The van der Waals surface area contributed by atoms with Crippen LogP contribution in [0.3, 0.4) is 0 Å². The number of fused-ring (bicyclic) bond motifs is 1. The summed E-state index contributed by atoms with van der Waals surface area (Å²) in [7, 11) is 0. The number of ether oxygens (including phenoxy) is 2. The molecular formula is C20H26N2O3. The lowest BCUT2D eigenvalue weighted by Crippen LogP contribution is -2.42. The zero-order chi connectivity index (χ0) is 17.8. The molecule has 0 unspecified atom stereocenters. The molecular weight excluding hydrogens is 316 g/mol. The van der Waals surface area contributed by atoms with Crippen molar-refractivity contribution < 1.29 is 14.3 Å². The van der Waals surface area contributed by atoms with E-state index in [9.17, 15) is 4.79 Å². The number of para-hydroxylation sites is 1. The van der Waals surface area contributed by atoms with Crippen LogP contribution in [0.2, 0.25) is 0 Å². The zero-order valence-corrected chi connectivity index (χ0v) is 15.2. The second kappa shape index (κ2) is 7.72. The SMILES string of the molecule is Cc1cnc2c(OC3CCN(C(=O)OCC(C)C)CC3)cccc2c1. The summed E-state index contributed by atoms with van der Waals surface area (Å²) in [5.41, 5.74) is 2.03. The fourth-order valence-electron chi connectivity index (χ4n) is 3.00. The van der Waals surface area contributed by atoms with E-state index in [1.165, 1.54) is 0 Å². The van der Waals surface area contributed by atoms with Gasteiger partial charge in [-0.15, -0.1) is 0 Å². The number of likely N-dealkylation sites (tertiary alicyclic amines) is 1. The van der Waals surface area contributed by atoms with Crippen LogP contribution in [0.15, 0.2) is 30.5 Å². The normalized spacial score (nSPS) is 15.6. The van der Waals surface area contributed by atoms with Crippen molar-refractivity contribution in [3.8, 4) is 5.75 Å². The molecule has 2 heterocycles. The summed E-state index contributed by atoms with van der Waals surface area (Å²) in [4.78, 5) is 18.3. The molecule has 0 aliphatic carbocycles. The van der Waals surface area contributed by atoms with Crippen LogP contribution in [-0.4, -0.2) is 41.8 Å². The third-order valence-corrected chi connectivity index (χ3v) is 4.34. The fraction of sp³-hybridized carbons (Fsp3) is 0.500. The topological polar surface area (TPSA) is 51.7 Å². The van der Waals surface area contributed by atoms with Gasteiger partial charge in [0.2, 0.25) is 0 Å². The maximum absolute atomic E-state index is 12.0. The molecule has 1 aromatic carbocycles. The van der Waals surface area contributed by atoms with Gasteiger partial charge < -0.3 is 14.4 Å². The molecule has 0 bridgehead atoms. The fourth-order valence-corrected chi connectivity index (χ4v) is 3.00. The van der Waals surface area contributed by atoms with E-state index in [0.717, 1.165) is 35.1 Å². The Bertz CT molecular complexity index is 737. The van der Waals surface area contributed by atoms with E-state index in [1.807, 2.05) is 39.1 Å². The Balaban J connectivity index is 1.58. The minimum Gasteiger partial charge on any atom is -0.488 e. The molecule has 0 saturated carbocycles. The molecule has 0 N–H and O–H groups in total. The Hall–Kier alpha value is -2.30. The van der Waals surface area contributed by atoms with Crippen LogP contribution in [0.25, 0.3) is 10.9 Å². The van der Waals surface area contributed by atoms with Gasteiger partial charge in [-0.05, 0) is 30.5 Å². The highest BCUT2D eigenvalue weighted by molar-refractivity contribution is 5.84. The van der Waals surface area contributed by atoms with Gasteiger partial charge in [0.05, 0.1) is 6.61 Å². The standard InChI is InChI=1S/C20H26N2O3/c1-14(2)13-24-20(23)22-9-7-17(8-10-22)25-18-6-4-5-16-11-15(3)12-21-19(16)18/h4-6,11-12,14,17H,7-10,13H2,1-3H3. The van der Waals surface area contributed by atoms with Gasteiger partial charge in [0.1, 0.15) is 17.4 Å². The molecule has 5 heteroatoms. The molecule has 1 aliphatic rings. The first-order chi connectivity index (χ1) is 12.0. The number of pyridine rings is 1. The molecule has 1 aromatic heterocycles. The third kappa shape index (κ3) is 4.41. The van der Waals surface area contributed by atoms with Crippen molar-refractivity contribution in [2.75, 3.05) is 19.7 Å².